The third-order valence-corrected chi connectivity index (χ3v) is 1.04. The van der Waals surface area contributed by atoms with Crippen molar-refractivity contribution in [3.63, 3.8) is 0 Å². The molecule has 0 spiro atoms. The van der Waals surface area contributed by atoms with E-state index in [0.29, 0.717) is 19.0 Å². The van der Waals surface area contributed by atoms with Gasteiger partial charge in [0.15, 0.2) is 0 Å². The maximum absolute atomic E-state index is 10.5. The van der Waals surface area contributed by atoms with Crippen LogP contribution in [0.4, 0.5) is 0 Å². The summed E-state index contributed by atoms with van der Waals surface area (Å²) in [6.45, 7) is 2.83. The standard InChI is InChI=1S/C5H10N4O2/c1-2-11-6-3-4-7-5(10)9-8-4/h6H,2-3H2,1H3,(H2,7,8,9,10). The molecule has 1 heterocycles. The lowest BCUT2D eigenvalue weighted by Crippen LogP contribution is -2.15. The average Bonchev–Trinajstić information content (AvgIpc) is 2.37. The highest BCUT2D eigenvalue weighted by molar-refractivity contribution is 4.77. The number of aromatic amines is 2. The second-order valence-electron chi connectivity index (χ2n) is 1.88. The monoisotopic (exact) mass is 158 g/mol. The van der Waals surface area contributed by atoms with Crippen molar-refractivity contribution in [3.05, 3.63) is 16.3 Å². The second-order valence-corrected chi connectivity index (χ2v) is 1.88. The van der Waals surface area contributed by atoms with Gasteiger partial charge in [-0.15, -0.1) is 0 Å². The van der Waals surface area contributed by atoms with E-state index in [4.69, 9.17) is 4.84 Å². The van der Waals surface area contributed by atoms with Crippen LogP contribution in [0.3, 0.4) is 0 Å². The Morgan fingerprint density at radius 3 is 3.09 bits per heavy atom. The molecule has 62 valence electrons. The quantitative estimate of drug-likeness (QED) is 0.393. The van der Waals surface area contributed by atoms with Crippen molar-refractivity contribution in [2.75, 3.05) is 6.61 Å². The van der Waals surface area contributed by atoms with Gasteiger partial charge in [0, 0.05) is 0 Å². The lowest BCUT2D eigenvalue weighted by molar-refractivity contribution is 0.0449. The lowest BCUT2D eigenvalue weighted by atomic mass is 10.6. The van der Waals surface area contributed by atoms with Gasteiger partial charge in [-0.05, 0) is 6.92 Å². The Labute approximate surface area is 62.9 Å². The molecule has 0 aromatic carbocycles. The Balaban J connectivity index is 2.33. The minimum Gasteiger partial charge on any atom is -0.302 e. The van der Waals surface area contributed by atoms with Crippen molar-refractivity contribution >= 4 is 0 Å². The molecular weight excluding hydrogens is 148 g/mol. The molecule has 3 N–H and O–H groups in total. The Morgan fingerprint density at radius 2 is 2.55 bits per heavy atom. The summed E-state index contributed by atoms with van der Waals surface area (Å²) in [5.41, 5.74) is 2.30. The topological polar surface area (TPSA) is 82.8 Å². The van der Waals surface area contributed by atoms with Gasteiger partial charge in [0.25, 0.3) is 0 Å². The summed E-state index contributed by atoms with van der Waals surface area (Å²) in [6, 6.07) is 0. The van der Waals surface area contributed by atoms with E-state index in [1.54, 1.807) is 0 Å². The maximum atomic E-state index is 10.5. The van der Waals surface area contributed by atoms with Crippen molar-refractivity contribution in [2.45, 2.75) is 13.5 Å². The number of nitrogens with one attached hydrogen (secondary N) is 3. The highest BCUT2D eigenvalue weighted by Crippen LogP contribution is 1.79. The van der Waals surface area contributed by atoms with Crippen LogP contribution in [0.2, 0.25) is 0 Å². The normalized spacial score (nSPS) is 10.3. The molecule has 0 radical (unpaired) electrons. The highest BCUT2D eigenvalue weighted by atomic mass is 16.6. The molecule has 1 aromatic rings. The molecule has 0 fully saturated rings. The summed E-state index contributed by atoms with van der Waals surface area (Å²) in [5.74, 6) is 0.531. The maximum Gasteiger partial charge on any atom is 0.340 e. The third kappa shape index (κ3) is 2.52. The molecule has 0 aliphatic heterocycles. The van der Waals surface area contributed by atoms with Gasteiger partial charge >= 0.3 is 5.69 Å². The lowest BCUT2D eigenvalue weighted by Gasteiger charge is -1.98. The Bertz CT molecular complexity index is 253. The minimum absolute atomic E-state index is 0.307. The number of H-pyrrole nitrogens is 2. The molecule has 0 aliphatic carbocycles. The van der Waals surface area contributed by atoms with Crippen LogP contribution in [0.5, 0.6) is 0 Å². The molecule has 6 heteroatoms. The van der Waals surface area contributed by atoms with Crippen molar-refractivity contribution in [1.29, 1.82) is 0 Å². The molecule has 6 nitrogen and oxygen atoms in total. The Hall–Kier alpha value is -1.14. The Kier molecular flexibility index (Phi) is 2.82. The summed E-state index contributed by atoms with van der Waals surface area (Å²) in [6.07, 6.45) is 0. The number of hydrogen-bond donors (Lipinski definition) is 3. The largest absolute Gasteiger partial charge is 0.340 e. The number of nitrogens with zero attached hydrogens (tertiary/aromatic N) is 1. The van der Waals surface area contributed by atoms with E-state index >= 15 is 0 Å². The zero-order chi connectivity index (χ0) is 8.10. The van der Waals surface area contributed by atoms with Crippen LogP contribution >= 0.6 is 0 Å². The van der Waals surface area contributed by atoms with Crippen LogP contribution in [-0.4, -0.2) is 21.8 Å². The fraction of sp³-hybridized carbons (Fsp3) is 0.600. The van der Waals surface area contributed by atoms with E-state index in [2.05, 4.69) is 20.7 Å². The van der Waals surface area contributed by atoms with Crippen molar-refractivity contribution in [3.8, 4) is 0 Å². The van der Waals surface area contributed by atoms with E-state index in [1.807, 2.05) is 6.92 Å². The molecule has 0 unspecified atom stereocenters. The summed E-state index contributed by atoms with van der Waals surface area (Å²) in [7, 11) is 0. The van der Waals surface area contributed by atoms with E-state index in [-0.39, 0.29) is 5.69 Å². The second kappa shape index (κ2) is 3.89. The van der Waals surface area contributed by atoms with E-state index < -0.39 is 0 Å². The number of hydrogen-bond acceptors (Lipinski definition) is 4. The van der Waals surface area contributed by atoms with Crippen molar-refractivity contribution in [2.24, 2.45) is 0 Å². The number of hydroxylamine groups is 1. The molecule has 0 aliphatic rings. The number of rotatable bonds is 4. The predicted octanol–water partition coefficient (Wildman–Crippen LogP) is -0.861. The number of aromatic nitrogens is 3. The molecule has 0 amide bonds. The van der Waals surface area contributed by atoms with Gasteiger partial charge in [-0.25, -0.2) is 9.89 Å². The first-order valence-corrected chi connectivity index (χ1v) is 3.31. The SMILES string of the molecule is CCONCc1n[nH]c(=O)[nH]1. The smallest absolute Gasteiger partial charge is 0.302 e. The van der Waals surface area contributed by atoms with Gasteiger partial charge in [-0.1, -0.05) is 0 Å². The average molecular weight is 158 g/mol. The van der Waals surface area contributed by atoms with Gasteiger partial charge in [0.05, 0.1) is 13.2 Å². The van der Waals surface area contributed by atoms with Gasteiger partial charge in [0.1, 0.15) is 5.82 Å². The molecule has 0 atom stereocenters. The van der Waals surface area contributed by atoms with Crippen LogP contribution in [-0.2, 0) is 11.4 Å². The van der Waals surface area contributed by atoms with Crippen LogP contribution in [0.15, 0.2) is 4.79 Å². The van der Waals surface area contributed by atoms with E-state index in [0.717, 1.165) is 0 Å². The van der Waals surface area contributed by atoms with Crippen LogP contribution in [0.25, 0.3) is 0 Å². The van der Waals surface area contributed by atoms with Crippen LogP contribution in [0, 0.1) is 0 Å². The fourth-order valence-electron chi connectivity index (χ4n) is 0.610. The predicted molar refractivity (Wildman–Crippen MR) is 37.7 cm³/mol. The first kappa shape index (κ1) is 7.96. The van der Waals surface area contributed by atoms with Crippen LogP contribution in [0.1, 0.15) is 12.7 Å². The first-order chi connectivity index (χ1) is 5.33. The third-order valence-electron chi connectivity index (χ3n) is 1.04. The molecular formula is C5H10N4O2. The van der Waals surface area contributed by atoms with Gasteiger partial charge in [-0.2, -0.15) is 10.6 Å². The van der Waals surface area contributed by atoms with Gasteiger partial charge in [-0.3, -0.25) is 4.98 Å². The Morgan fingerprint density at radius 1 is 1.73 bits per heavy atom. The summed E-state index contributed by atoms with van der Waals surface area (Å²) in [5, 5.41) is 5.89. The molecule has 1 aromatic heterocycles. The zero-order valence-corrected chi connectivity index (χ0v) is 6.18. The van der Waals surface area contributed by atoms with Crippen molar-refractivity contribution < 1.29 is 4.84 Å². The molecule has 0 saturated heterocycles. The summed E-state index contributed by atoms with van der Waals surface area (Å²) >= 11 is 0. The molecule has 0 bridgehead atoms. The van der Waals surface area contributed by atoms with Gasteiger partial charge < -0.3 is 4.84 Å². The minimum atomic E-state index is -0.307. The molecule has 0 saturated carbocycles. The highest BCUT2D eigenvalue weighted by Gasteiger charge is 1.94. The van der Waals surface area contributed by atoms with Crippen molar-refractivity contribution in [1.82, 2.24) is 20.7 Å². The zero-order valence-electron chi connectivity index (χ0n) is 6.18. The summed E-state index contributed by atoms with van der Waals surface area (Å²) in [4.78, 5) is 17.8. The van der Waals surface area contributed by atoms with Crippen LogP contribution < -0.4 is 11.2 Å². The van der Waals surface area contributed by atoms with Gasteiger partial charge in [0.2, 0.25) is 0 Å². The summed E-state index contributed by atoms with van der Waals surface area (Å²) < 4.78 is 0. The first-order valence-electron chi connectivity index (χ1n) is 3.31. The molecule has 11 heavy (non-hydrogen) atoms. The van der Waals surface area contributed by atoms with E-state index in [9.17, 15) is 4.79 Å². The molecule has 1 rings (SSSR count). The van der Waals surface area contributed by atoms with E-state index in [1.165, 1.54) is 0 Å². The fourth-order valence-corrected chi connectivity index (χ4v) is 0.610.